The number of hydrogen-bond donors (Lipinski definition) is 2. The average molecular weight is 614 g/mol. The van der Waals surface area contributed by atoms with Crippen LogP contribution in [0.3, 0.4) is 0 Å². The minimum atomic E-state index is -0.193. The highest BCUT2D eigenvalue weighted by Gasteiger charge is 2.54. The molecule has 7 rings (SSSR count). The minimum absolute atomic E-state index is 0.0271. The number of fused-ring (bicyclic) bond motifs is 5. The summed E-state index contributed by atoms with van der Waals surface area (Å²) in [6.45, 7) is 2.30. The molecule has 3 fully saturated rings. The molecule has 43 heavy (non-hydrogen) atoms. The van der Waals surface area contributed by atoms with Gasteiger partial charge < -0.3 is 10.2 Å². The van der Waals surface area contributed by atoms with Crippen LogP contribution in [0.2, 0.25) is 5.02 Å². The summed E-state index contributed by atoms with van der Waals surface area (Å²) in [6, 6.07) is 21.2. The molecule has 3 aromatic rings. The monoisotopic (exact) mass is 613 g/mol. The molecule has 0 radical (unpaired) electrons. The van der Waals surface area contributed by atoms with E-state index >= 15 is 0 Å². The molecule has 0 spiro atoms. The summed E-state index contributed by atoms with van der Waals surface area (Å²) in [5.41, 5.74) is 5.75. The van der Waals surface area contributed by atoms with Crippen LogP contribution < -0.4 is 4.90 Å². The molecule has 0 aromatic heterocycles. The number of thioether (sulfide) groups is 1. The smallest absolute Gasteiger partial charge is 0.243 e. The average Bonchev–Trinajstić information content (AvgIpc) is 3.54. The third kappa shape index (κ3) is 5.19. The lowest BCUT2D eigenvalue weighted by Crippen LogP contribution is -2.43. The minimum Gasteiger partial charge on any atom is -0.508 e. The number of para-hydroxylation sites is 1. The highest BCUT2D eigenvalue weighted by Crippen LogP contribution is 2.61. The Morgan fingerprint density at radius 1 is 1.07 bits per heavy atom. The molecule has 1 aliphatic heterocycles. The molecule has 5 atom stereocenters. The van der Waals surface area contributed by atoms with E-state index < -0.39 is 0 Å². The summed E-state index contributed by atoms with van der Waals surface area (Å²) in [7, 11) is 0. The Morgan fingerprint density at radius 3 is 2.65 bits per heavy atom. The summed E-state index contributed by atoms with van der Waals surface area (Å²) < 4.78 is 0. The predicted octanol–water partition coefficient (Wildman–Crippen LogP) is 7.35. The zero-order chi connectivity index (χ0) is 29.7. The van der Waals surface area contributed by atoms with Gasteiger partial charge in [0.2, 0.25) is 5.91 Å². The number of aliphatic hydroxyl groups excluding tert-OH is 1. The maximum Gasteiger partial charge on any atom is 0.243 e. The lowest BCUT2D eigenvalue weighted by Gasteiger charge is -2.50. The van der Waals surface area contributed by atoms with Crippen molar-refractivity contribution >= 4 is 45.8 Å². The molecule has 2 saturated carbocycles. The van der Waals surface area contributed by atoms with Crippen molar-refractivity contribution in [2.75, 3.05) is 10.7 Å². The third-order valence-electron chi connectivity index (χ3n) is 10.4. The quantitative estimate of drug-likeness (QED) is 0.233. The van der Waals surface area contributed by atoms with E-state index in [9.17, 15) is 15.0 Å². The van der Waals surface area contributed by atoms with Gasteiger partial charge in [-0.05, 0) is 109 Å². The number of aliphatic hydroxyl groups is 1. The number of phenolic OH excluding ortho intramolecular Hbond substituents is 1. The Labute approximate surface area is 261 Å². The Bertz CT molecular complexity index is 1610. The van der Waals surface area contributed by atoms with E-state index in [0.717, 1.165) is 55.3 Å². The standard InChI is InChI=1S/C35H36ClN3O3S/c1-35-16-15-26-27(29(35)13-14-32(35)41)12-9-22-19-31(40)23(17-28(22)26)18-30(21-7-10-24(36)11-8-21)37-38-34-39(33(42)20-43-34)25-5-3-2-4-6-25/h2-8,10-11,17,19,26-27,29,32,40-41H,9,12-16,18,20H2,1H3/b37-30+,38-34+/t26-,27+,29-,32-,35-/m0/s1. The van der Waals surface area contributed by atoms with Gasteiger partial charge in [0.1, 0.15) is 5.75 Å². The molecule has 0 unspecified atom stereocenters. The van der Waals surface area contributed by atoms with E-state index in [0.29, 0.717) is 45.8 Å². The first-order valence-corrected chi connectivity index (χ1v) is 16.6. The fourth-order valence-corrected chi connectivity index (χ4v) is 9.10. The Balaban J connectivity index is 1.23. The van der Waals surface area contributed by atoms with E-state index in [2.05, 4.69) is 18.1 Å². The number of aryl methyl sites for hydroxylation is 1. The summed E-state index contributed by atoms with van der Waals surface area (Å²) in [5, 5.41) is 32.5. The molecule has 3 aliphatic carbocycles. The van der Waals surface area contributed by atoms with Crippen LogP contribution in [-0.2, 0) is 17.6 Å². The molecule has 4 aliphatic rings. The lowest BCUT2D eigenvalue weighted by molar-refractivity contribution is -0.115. The number of amidine groups is 1. The van der Waals surface area contributed by atoms with E-state index in [-0.39, 0.29) is 23.2 Å². The number of aromatic hydroxyl groups is 1. The first-order chi connectivity index (χ1) is 20.8. The van der Waals surface area contributed by atoms with Gasteiger partial charge in [-0.1, -0.05) is 66.7 Å². The topological polar surface area (TPSA) is 85.5 Å². The fraction of sp³-hybridized carbons (Fsp3) is 0.400. The molecule has 1 amide bonds. The van der Waals surface area contributed by atoms with Gasteiger partial charge in [-0.25, -0.2) is 0 Å². The lowest BCUT2D eigenvalue weighted by atomic mass is 9.55. The number of anilines is 1. The number of amides is 1. The van der Waals surface area contributed by atoms with Crippen molar-refractivity contribution in [2.24, 2.45) is 27.5 Å². The predicted molar refractivity (Wildman–Crippen MR) is 174 cm³/mol. The second-order valence-electron chi connectivity index (χ2n) is 12.7. The SMILES string of the molecule is C[C@]12CC[C@@H]3c4cc(C/C(=N\N=C5\SCC(=O)N5c5ccccc5)c5ccc(Cl)cc5)c(O)cc4CC[C@H]3[C@@H]1CC[C@@H]2O. The van der Waals surface area contributed by atoms with E-state index in [4.69, 9.17) is 16.7 Å². The number of rotatable bonds is 5. The molecule has 2 N–H and O–H groups in total. The number of carbonyl (C=O) groups excluding carboxylic acids is 1. The molecular formula is C35H36ClN3O3S. The van der Waals surface area contributed by atoms with Crippen LogP contribution in [0.25, 0.3) is 0 Å². The van der Waals surface area contributed by atoms with Gasteiger partial charge in [0.15, 0.2) is 5.17 Å². The van der Waals surface area contributed by atoms with Gasteiger partial charge in [0, 0.05) is 17.0 Å². The van der Waals surface area contributed by atoms with Crippen molar-refractivity contribution in [3.05, 3.63) is 94.0 Å². The summed E-state index contributed by atoms with van der Waals surface area (Å²) in [4.78, 5) is 14.4. The van der Waals surface area contributed by atoms with Gasteiger partial charge in [0.05, 0.1) is 23.3 Å². The Hall–Kier alpha value is -3.13. The maximum atomic E-state index is 12.7. The molecule has 6 nitrogen and oxygen atoms in total. The summed E-state index contributed by atoms with van der Waals surface area (Å²) >= 11 is 7.59. The van der Waals surface area contributed by atoms with Gasteiger partial charge >= 0.3 is 0 Å². The van der Waals surface area contributed by atoms with Crippen LogP contribution in [0.15, 0.2) is 76.9 Å². The molecule has 222 valence electrons. The van der Waals surface area contributed by atoms with Crippen molar-refractivity contribution < 1.29 is 15.0 Å². The first-order valence-electron chi connectivity index (χ1n) is 15.3. The molecule has 1 saturated heterocycles. The van der Waals surface area contributed by atoms with Crippen LogP contribution in [0.1, 0.15) is 67.2 Å². The number of carbonyl (C=O) groups is 1. The first kappa shape index (κ1) is 28.6. The van der Waals surface area contributed by atoms with E-state index in [1.54, 1.807) is 4.90 Å². The fourth-order valence-electron chi connectivity index (χ4n) is 8.16. The van der Waals surface area contributed by atoms with Crippen LogP contribution in [0, 0.1) is 17.3 Å². The second kappa shape index (κ2) is 11.4. The van der Waals surface area contributed by atoms with E-state index in [1.165, 1.54) is 22.9 Å². The summed E-state index contributed by atoms with van der Waals surface area (Å²) in [6.07, 6.45) is 6.39. The Kier molecular flexibility index (Phi) is 7.60. The van der Waals surface area contributed by atoms with Crippen LogP contribution in [0.4, 0.5) is 5.69 Å². The van der Waals surface area contributed by atoms with Crippen molar-refractivity contribution in [2.45, 2.75) is 63.9 Å². The molecule has 1 heterocycles. The van der Waals surface area contributed by atoms with Gasteiger partial charge in [0.25, 0.3) is 0 Å². The van der Waals surface area contributed by atoms with Crippen molar-refractivity contribution in [1.82, 2.24) is 0 Å². The summed E-state index contributed by atoms with van der Waals surface area (Å²) in [5.74, 6) is 2.12. The van der Waals surface area contributed by atoms with Gasteiger partial charge in [-0.2, -0.15) is 5.10 Å². The number of nitrogens with zero attached hydrogens (tertiary/aromatic N) is 3. The van der Waals surface area contributed by atoms with Gasteiger partial charge in [-0.3, -0.25) is 9.69 Å². The van der Waals surface area contributed by atoms with Crippen molar-refractivity contribution in [1.29, 1.82) is 0 Å². The maximum absolute atomic E-state index is 12.7. The highest BCUT2D eigenvalue weighted by molar-refractivity contribution is 8.15. The van der Waals surface area contributed by atoms with E-state index in [1.807, 2.05) is 60.7 Å². The molecule has 0 bridgehead atoms. The van der Waals surface area contributed by atoms with Crippen molar-refractivity contribution in [3.63, 3.8) is 0 Å². The zero-order valence-corrected chi connectivity index (χ0v) is 25.8. The number of benzene rings is 3. The zero-order valence-electron chi connectivity index (χ0n) is 24.2. The third-order valence-corrected chi connectivity index (χ3v) is 11.6. The molecule has 8 heteroatoms. The van der Waals surface area contributed by atoms with Crippen LogP contribution >= 0.6 is 23.4 Å². The Morgan fingerprint density at radius 2 is 1.86 bits per heavy atom. The number of phenols is 1. The van der Waals surface area contributed by atoms with Gasteiger partial charge in [-0.15, -0.1) is 5.10 Å². The van der Waals surface area contributed by atoms with Crippen molar-refractivity contribution in [3.8, 4) is 5.75 Å². The second-order valence-corrected chi connectivity index (χ2v) is 14.1. The number of halogens is 1. The molecule has 3 aromatic carbocycles. The normalized spacial score (nSPS) is 29.5. The highest BCUT2D eigenvalue weighted by atomic mass is 35.5. The number of hydrogen-bond acceptors (Lipinski definition) is 6. The van der Waals surface area contributed by atoms with Crippen LogP contribution in [-0.4, -0.2) is 38.9 Å². The largest absolute Gasteiger partial charge is 0.508 e. The van der Waals surface area contributed by atoms with Crippen LogP contribution in [0.5, 0.6) is 5.75 Å². The molecular weight excluding hydrogens is 578 g/mol.